The fourth-order valence-corrected chi connectivity index (χ4v) is 3.21. The number of benzene rings is 1. The molecule has 0 N–H and O–H groups in total. The molecule has 4 nitrogen and oxygen atoms in total. The van der Waals surface area contributed by atoms with Crippen LogP contribution in [-0.2, 0) is 20.9 Å². The number of carbonyl (C=O) groups is 2. The summed E-state index contributed by atoms with van der Waals surface area (Å²) in [5, 5.41) is 0. The summed E-state index contributed by atoms with van der Waals surface area (Å²) < 4.78 is 5.34. The molecule has 2 saturated heterocycles. The standard InChI is InChI=1S/C15H17NO3/c1-10-13-15(2,8-12(17)19-13)14(18)16(10)9-11-6-4-3-5-7-11/h3-7,10,13H,8-9H2,1-2H3/t10-,13+,15+/m1/s1. The molecule has 0 radical (unpaired) electrons. The Hall–Kier alpha value is -1.84. The van der Waals surface area contributed by atoms with Crippen LogP contribution in [-0.4, -0.2) is 28.9 Å². The van der Waals surface area contributed by atoms with E-state index in [1.165, 1.54) is 0 Å². The lowest BCUT2D eigenvalue weighted by Crippen LogP contribution is -2.35. The highest BCUT2D eigenvalue weighted by molar-refractivity contribution is 5.93. The van der Waals surface area contributed by atoms with Gasteiger partial charge < -0.3 is 9.64 Å². The molecule has 3 atom stereocenters. The van der Waals surface area contributed by atoms with Gasteiger partial charge in [-0.25, -0.2) is 0 Å². The maximum atomic E-state index is 12.6. The van der Waals surface area contributed by atoms with Crippen molar-refractivity contribution in [2.24, 2.45) is 5.41 Å². The van der Waals surface area contributed by atoms with Crippen LogP contribution in [0.15, 0.2) is 30.3 Å². The third-order valence-electron chi connectivity index (χ3n) is 4.27. The Morgan fingerprint density at radius 2 is 2.00 bits per heavy atom. The van der Waals surface area contributed by atoms with Crippen LogP contribution in [0, 0.1) is 5.41 Å². The predicted molar refractivity (Wildman–Crippen MR) is 69.1 cm³/mol. The van der Waals surface area contributed by atoms with Crippen LogP contribution >= 0.6 is 0 Å². The summed E-state index contributed by atoms with van der Waals surface area (Å²) in [6.45, 7) is 4.37. The summed E-state index contributed by atoms with van der Waals surface area (Å²) >= 11 is 0. The Labute approximate surface area is 112 Å². The summed E-state index contributed by atoms with van der Waals surface area (Å²) in [4.78, 5) is 25.8. The molecular weight excluding hydrogens is 242 g/mol. The van der Waals surface area contributed by atoms with Gasteiger partial charge in [0, 0.05) is 6.54 Å². The molecule has 0 unspecified atom stereocenters. The van der Waals surface area contributed by atoms with Crippen molar-refractivity contribution >= 4 is 11.9 Å². The summed E-state index contributed by atoms with van der Waals surface area (Å²) in [5.41, 5.74) is 0.420. The van der Waals surface area contributed by atoms with Gasteiger partial charge in [0.25, 0.3) is 0 Å². The first-order chi connectivity index (χ1) is 9.02. The molecule has 1 aromatic rings. The highest BCUT2D eigenvalue weighted by Crippen LogP contribution is 2.46. The van der Waals surface area contributed by atoms with Gasteiger partial charge in [-0.15, -0.1) is 0 Å². The molecule has 3 rings (SSSR count). The number of hydrogen-bond donors (Lipinski definition) is 0. The molecule has 0 saturated carbocycles. The molecule has 100 valence electrons. The number of carbonyl (C=O) groups excluding carboxylic acids is 2. The zero-order valence-electron chi connectivity index (χ0n) is 11.1. The van der Waals surface area contributed by atoms with E-state index in [1.807, 2.05) is 49.1 Å². The number of likely N-dealkylation sites (tertiary alicyclic amines) is 1. The number of esters is 1. The van der Waals surface area contributed by atoms with Gasteiger partial charge in [-0.05, 0) is 19.4 Å². The highest BCUT2D eigenvalue weighted by Gasteiger charge is 2.61. The summed E-state index contributed by atoms with van der Waals surface area (Å²) in [6.07, 6.45) is -0.109. The third-order valence-corrected chi connectivity index (χ3v) is 4.27. The van der Waals surface area contributed by atoms with Crippen LogP contribution < -0.4 is 0 Å². The second-order valence-corrected chi connectivity index (χ2v) is 5.66. The molecule has 0 aromatic heterocycles. The lowest BCUT2D eigenvalue weighted by Gasteiger charge is -2.24. The zero-order valence-corrected chi connectivity index (χ0v) is 11.1. The highest BCUT2D eigenvalue weighted by atomic mass is 16.6. The molecule has 2 aliphatic rings. The van der Waals surface area contributed by atoms with Crippen molar-refractivity contribution in [3.05, 3.63) is 35.9 Å². The van der Waals surface area contributed by atoms with E-state index in [0.29, 0.717) is 6.54 Å². The molecule has 4 heteroatoms. The molecule has 19 heavy (non-hydrogen) atoms. The van der Waals surface area contributed by atoms with E-state index in [0.717, 1.165) is 5.56 Å². The quantitative estimate of drug-likeness (QED) is 0.760. The maximum absolute atomic E-state index is 12.6. The topological polar surface area (TPSA) is 46.6 Å². The molecule has 2 heterocycles. The fourth-order valence-electron chi connectivity index (χ4n) is 3.21. The Kier molecular flexibility index (Phi) is 2.62. The molecule has 1 amide bonds. The first-order valence-corrected chi connectivity index (χ1v) is 6.57. The lowest BCUT2D eigenvalue weighted by atomic mass is 9.83. The van der Waals surface area contributed by atoms with Crippen molar-refractivity contribution in [1.29, 1.82) is 0 Å². The number of nitrogens with zero attached hydrogens (tertiary/aromatic N) is 1. The largest absolute Gasteiger partial charge is 0.459 e. The van der Waals surface area contributed by atoms with Crippen molar-refractivity contribution in [3.63, 3.8) is 0 Å². The molecule has 1 aromatic carbocycles. The van der Waals surface area contributed by atoms with Gasteiger partial charge in [-0.3, -0.25) is 9.59 Å². The normalized spacial score (nSPS) is 33.5. The van der Waals surface area contributed by atoms with Gasteiger partial charge in [-0.1, -0.05) is 30.3 Å². The number of hydrogen-bond acceptors (Lipinski definition) is 3. The zero-order chi connectivity index (χ0) is 13.6. The first kappa shape index (κ1) is 12.2. The SMILES string of the molecule is C[C@@H]1[C@@H]2OC(=O)C[C@]2(C)C(=O)N1Cc1ccccc1. The van der Waals surface area contributed by atoms with Gasteiger partial charge >= 0.3 is 5.97 Å². The van der Waals surface area contributed by atoms with Crippen molar-refractivity contribution in [2.75, 3.05) is 0 Å². The van der Waals surface area contributed by atoms with Gasteiger partial charge in [-0.2, -0.15) is 0 Å². The molecule has 0 aliphatic carbocycles. The van der Waals surface area contributed by atoms with Crippen molar-refractivity contribution in [3.8, 4) is 0 Å². The average molecular weight is 259 g/mol. The Morgan fingerprint density at radius 3 is 2.63 bits per heavy atom. The number of amides is 1. The van der Waals surface area contributed by atoms with Crippen LogP contribution in [0.25, 0.3) is 0 Å². The number of fused-ring (bicyclic) bond motifs is 1. The third kappa shape index (κ3) is 1.74. The van der Waals surface area contributed by atoms with Gasteiger partial charge in [0.1, 0.15) is 6.10 Å². The molecular formula is C15H17NO3. The first-order valence-electron chi connectivity index (χ1n) is 6.57. The van der Waals surface area contributed by atoms with E-state index in [4.69, 9.17) is 4.74 Å². The Bertz CT molecular complexity index is 527. The van der Waals surface area contributed by atoms with E-state index in [1.54, 1.807) is 0 Å². The van der Waals surface area contributed by atoms with E-state index >= 15 is 0 Å². The van der Waals surface area contributed by atoms with Crippen LogP contribution in [0.2, 0.25) is 0 Å². The van der Waals surface area contributed by atoms with E-state index in [-0.39, 0.29) is 30.4 Å². The molecule has 0 spiro atoms. The average Bonchev–Trinajstić information content (AvgIpc) is 2.78. The fraction of sp³-hybridized carbons (Fsp3) is 0.467. The second-order valence-electron chi connectivity index (χ2n) is 5.66. The summed E-state index contributed by atoms with van der Waals surface area (Å²) in [5.74, 6) is -0.230. The monoisotopic (exact) mass is 259 g/mol. The molecule has 2 aliphatic heterocycles. The Morgan fingerprint density at radius 1 is 1.32 bits per heavy atom. The molecule has 2 fully saturated rings. The van der Waals surface area contributed by atoms with Gasteiger partial charge in [0.05, 0.1) is 17.9 Å². The smallest absolute Gasteiger partial charge is 0.307 e. The van der Waals surface area contributed by atoms with E-state index in [9.17, 15) is 9.59 Å². The van der Waals surface area contributed by atoms with Crippen molar-refractivity contribution in [1.82, 2.24) is 4.90 Å². The van der Waals surface area contributed by atoms with Crippen LogP contribution in [0.5, 0.6) is 0 Å². The minimum Gasteiger partial charge on any atom is -0.459 e. The maximum Gasteiger partial charge on any atom is 0.307 e. The minimum atomic E-state index is -0.675. The molecule has 0 bridgehead atoms. The predicted octanol–water partition coefficient (Wildman–Crippen LogP) is 1.74. The van der Waals surface area contributed by atoms with Crippen molar-refractivity contribution in [2.45, 2.75) is 39.0 Å². The summed E-state index contributed by atoms with van der Waals surface area (Å²) in [6, 6.07) is 9.82. The van der Waals surface area contributed by atoms with Crippen LogP contribution in [0.4, 0.5) is 0 Å². The van der Waals surface area contributed by atoms with E-state index < -0.39 is 5.41 Å². The number of rotatable bonds is 2. The lowest BCUT2D eigenvalue weighted by molar-refractivity contribution is -0.144. The van der Waals surface area contributed by atoms with Crippen molar-refractivity contribution < 1.29 is 14.3 Å². The second kappa shape index (κ2) is 4.08. The van der Waals surface area contributed by atoms with Gasteiger partial charge in [0.2, 0.25) is 5.91 Å². The van der Waals surface area contributed by atoms with Crippen LogP contribution in [0.1, 0.15) is 25.8 Å². The van der Waals surface area contributed by atoms with Crippen LogP contribution in [0.3, 0.4) is 0 Å². The Balaban J connectivity index is 1.86. The summed E-state index contributed by atoms with van der Waals surface area (Å²) in [7, 11) is 0. The van der Waals surface area contributed by atoms with E-state index in [2.05, 4.69) is 0 Å². The van der Waals surface area contributed by atoms with Gasteiger partial charge in [0.15, 0.2) is 0 Å². The number of ether oxygens (including phenoxy) is 1. The minimum absolute atomic E-state index is 0.0275.